The van der Waals surface area contributed by atoms with Gasteiger partial charge in [0.1, 0.15) is 23.0 Å². The first-order valence-corrected chi connectivity index (χ1v) is 16.5. The Morgan fingerprint density at radius 2 is 0.800 bits per heavy atom. The fourth-order valence-electron chi connectivity index (χ4n) is 6.84. The van der Waals surface area contributed by atoms with E-state index in [9.17, 15) is 4.79 Å². The Morgan fingerprint density at radius 1 is 0.467 bits per heavy atom. The molecular weight excluding hydrogens is 552 g/mol. The number of benzene rings is 4. The number of ketones is 1. The Labute approximate surface area is 272 Å². The number of carbonyl (C=O) groups is 1. The van der Waals surface area contributed by atoms with Gasteiger partial charge in [0.2, 0.25) is 0 Å². The molecule has 0 heterocycles. The van der Waals surface area contributed by atoms with E-state index >= 15 is 0 Å². The number of carbonyl (C=O) groups excluding carboxylic acids is 1. The minimum atomic E-state index is -0.0412. The lowest BCUT2D eigenvalue weighted by Crippen LogP contribution is -2.39. The standard InChI is InChI=1S/C42H52O3/c1-11-41(10,39(4,5)6)32-18-26-36(27-19-32)44-34-22-14-30(15-23-34)38(43)31-16-24-35(25-17-31)45-37-28-20-33(21-29-37)42(12-2,13-3)40(7,8)9/h14-29H,11-13H2,1-10H3. The van der Waals surface area contributed by atoms with Crippen LogP contribution in [0.5, 0.6) is 23.0 Å². The van der Waals surface area contributed by atoms with Crippen molar-refractivity contribution in [2.75, 3.05) is 0 Å². The summed E-state index contributed by atoms with van der Waals surface area (Å²) in [6.45, 7) is 23.0. The van der Waals surface area contributed by atoms with Crippen molar-refractivity contribution in [2.45, 2.75) is 99.3 Å². The van der Waals surface area contributed by atoms with Gasteiger partial charge < -0.3 is 9.47 Å². The molecule has 0 bridgehead atoms. The van der Waals surface area contributed by atoms with Gasteiger partial charge in [-0.2, -0.15) is 0 Å². The maximum absolute atomic E-state index is 13.2. The Hall–Kier alpha value is -3.85. The molecule has 0 aliphatic rings. The van der Waals surface area contributed by atoms with Crippen LogP contribution in [0.2, 0.25) is 0 Å². The highest BCUT2D eigenvalue weighted by Crippen LogP contribution is 2.47. The van der Waals surface area contributed by atoms with Gasteiger partial charge in [0, 0.05) is 11.1 Å². The number of rotatable bonds is 11. The largest absolute Gasteiger partial charge is 0.457 e. The van der Waals surface area contributed by atoms with Crippen LogP contribution in [0.25, 0.3) is 0 Å². The minimum absolute atomic E-state index is 0.0412. The second-order valence-corrected chi connectivity index (χ2v) is 14.6. The Morgan fingerprint density at radius 3 is 1.09 bits per heavy atom. The zero-order valence-corrected chi connectivity index (χ0v) is 29.1. The molecule has 0 saturated carbocycles. The predicted molar refractivity (Wildman–Crippen MR) is 188 cm³/mol. The molecule has 0 saturated heterocycles. The van der Waals surface area contributed by atoms with Crippen molar-refractivity contribution in [3.05, 3.63) is 119 Å². The van der Waals surface area contributed by atoms with E-state index in [1.54, 1.807) is 0 Å². The highest BCUT2D eigenvalue weighted by atomic mass is 16.5. The zero-order chi connectivity index (χ0) is 33.0. The lowest BCUT2D eigenvalue weighted by Gasteiger charge is -2.44. The van der Waals surface area contributed by atoms with E-state index in [0.717, 1.165) is 30.8 Å². The van der Waals surface area contributed by atoms with E-state index in [0.29, 0.717) is 22.6 Å². The minimum Gasteiger partial charge on any atom is -0.457 e. The molecule has 4 rings (SSSR count). The SMILES string of the molecule is CCC(C)(c1ccc(Oc2ccc(C(=O)c3ccc(Oc4ccc(C(CC)(CC)C(C)(C)C)cc4)cc3)cc2)cc1)C(C)(C)C. The summed E-state index contributed by atoms with van der Waals surface area (Å²) in [5.41, 5.74) is 4.38. The topological polar surface area (TPSA) is 35.5 Å². The summed E-state index contributed by atoms with van der Waals surface area (Å²) in [5.74, 6) is 2.91. The molecule has 0 N–H and O–H groups in total. The third kappa shape index (κ3) is 7.03. The van der Waals surface area contributed by atoms with Crippen LogP contribution in [-0.4, -0.2) is 5.78 Å². The van der Waals surface area contributed by atoms with Crippen LogP contribution in [0.4, 0.5) is 0 Å². The molecule has 0 aromatic heterocycles. The molecule has 45 heavy (non-hydrogen) atoms. The summed E-state index contributed by atoms with van der Waals surface area (Å²) in [5, 5.41) is 0. The quantitative estimate of drug-likeness (QED) is 0.160. The third-order valence-corrected chi connectivity index (χ3v) is 10.6. The summed E-state index contributed by atoms with van der Waals surface area (Å²) in [7, 11) is 0. The Balaban J connectivity index is 1.39. The average Bonchev–Trinajstić information content (AvgIpc) is 3.02. The number of hydrogen-bond donors (Lipinski definition) is 0. The summed E-state index contributed by atoms with van der Waals surface area (Å²) >= 11 is 0. The summed E-state index contributed by atoms with van der Waals surface area (Å²) < 4.78 is 12.2. The third-order valence-electron chi connectivity index (χ3n) is 10.6. The van der Waals surface area contributed by atoms with Crippen molar-refractivity contribution < 1.29 is 14.3 Å². The Kier molecular flexibility index (Phi) is 10.0. The second-order valence-electron chi connectivity index (χ2n) is 14.6. The van der Waals surface area contributed by atoms with E-state index < -0.39 is 0 Å². The number of hydrogen-bond acceptors (Lipinski definition) is 3. The van der Waals surface area contributed by atoms with Crippen LogP contribution in [0, 0.1) is 10.8 Å². The molecule has 238 valence electrons. The summed E-state index contributed by atoms with van der Waals surface area (Å²) in [6, 6.07) is 31.5. The fourth-order valence-corrected chi connectivity index (χ4v) is 6.84. The van der Waals surface area contributed by atoms with E-state index in [4.69, 9.17) is 9.47 Å². The molecule has 0 aliphatic heterocycles. The van der Waals surface area contributed by atoms with Gasteiger partial charge in [0.15, 0.2) is 5.78 Å². The molecular formula is C42H52O3. The van der Waals surface area contributed by atoms with Crippen molar-refractivity contribution in [2.24, 2.45) is 10.8 Å². The smallest absolute Gasteiger partial charge is 0.193 e. The second kappa shape index (κ2) is 13.3. The highest BCUT2D eigenvalue weighted by Gasteiger charge is 2.40. The van der Waals surface area contributed by atoms with E-state index in [-0.39, 0.29) is 27.4 Å². The van der Waals surface area contributed by atoms with Crippen LogP contribution in [0.3, 0.4) is 0 Å². The van der Waals surface area contributed by atoms with Crippen molar-refractivity contribution in [1.29, 1.82) is 0 Å². The van der Waals surface area contributed by atoms with Gasteiger partial charge in [-0.15, -0.1) is 0 Å². The molecule has 0 spiro atoms. The molecule has 0 radical (unpaired) electrons. The van der Waals surface area contributed by atoms with Crippen LogP contribution in [0.1, 0.15) is 116 Å². The molecule has 3 nitrogen and oxygen atoms in total. The van der Waals surface area contributed by atoms with Gasteiger partial charge >= 0.3 is 0 Å². The molecule has 0 aliphatic carbocycles. The lowest BCUT2D eigenvalue weighted by molar-refractivity contribution is 0.103. The molecule has 1 atom stereocenters. The van der Waals surface area contributed by atoms with Gasteiger partial charge in [-0.05, 0) is 125 Å². The number of ether oxygens (including phenoxy) is 2. The molecule has 1 unspecified atom stereocenters. The highest BCUT2D eigenvalue weighted by molar-refractivity contribution is 6.09. The van der Waals surface area contributed by atoms with Crippen LogP contribution in [-0.2, 0) is 10.8 Å². The molecule has 4 aromatic carbocycles. The maximum atomic E-state index is 13.2. The predicted octanol–water partition coefficient (Wildman–Crippen LogP) is 12.3. The zero-order valence-electron chi connectivity index (χ0n) is 29.1. The fraction of sp³-hybridized carbons (Fsp3) is 0.405. The van der Waals surface area contributed by atoms with Gasteiger partial charge in [-0.25, -0.2) is 0 Å². The summed E-state index contributed by atoms with van der Waals surface area (Å²) in [6.07, 6.45) is 3.23. The van der Waals surface area contributed by atoms with Gasteiger partial charge in [-0.3, -0.25) is 4.79 Å². The molecule has 0 fully saturated rings. The van der Waals surface area contributed by atoms with Gasteiger partial charge in [0.05, 0.1) is 0 Å². The molecule has 3 heteroatoms. The first-order chi connectivity index (χ1) is 21.2. The van der Waals surface area contributed by atoms with Crippen LogP contribution < -0.4 is 9.47 Å². The van der Waals surface area contributed by atoms with Gasteiger partial charge in [0.25, 0.3) is 0 Å². The van der Waals surface area contributed by atoms with Crippen molar-refractivity contribution in [3.63, 3.8) is 0 Å². The van der Waals surface area contributed by atoms with E-state index in [1.807, 2.05) is 72.8 Å². The van der Waals surface area contributed by atoms with E-state index in [2.05, 4.69) is 93.5 Å². The van der Waals surface area contributed by atoms with E-state index in [1.165, 1.54) is 11.1 Å². The first-order valence-electron chi connectivity index (χ1n) is 16.5. The van der Waals surface area contributed by atoms with Crippen molar-refractivity contribution in [1.82, 2.24) is 0 Å². The maximum Gasteiger partial charge on any atom is 0.193 e. The summed E-state index contributed by atoms with van der Waals surface area (Å²) in [4.78, 5) is 13.2. The lowest BCUT2D eigenvalue weighted by atomic mass is 9.60. The van der Waals surface area contributed by atoms with Crippen LogP contribution >= 0.6 is 0 Å². The normalized spacial score (nSPS) is 13.6. The monoisotopic (exact) mass is 604 g/mol. The van der Waals surface area contributed by atoms with Crippen LogP contribution in [0.15, 0.2) is 97.1 Å². The van der Waals surface area contributed by atoms with Crippen molar-refractivity contribution in [3.8, 4) is 23.0 Å². The van der Waals surface area contributed by atoms with Crippen molar-refractivity contribution >= 4 is 5.78 Å². The molecule has 4 aromatic rings. The average molecular weight is 605 g/mol. The molecule has 0 amide bonds. The first kappa shape index (κ1) is 34.0. The van der Waals surface area contributed by atoms with Gasteiger partial charge in [-0.1, -0.05) is 93.5 Å². The Bertz CT molecular complexity index is 1540.